The third kappa shape index (κ3) is 7.99. The zero-order chi connectivity index (χ0) is 25.4. The Morgan fingerprint density at radius 3 is 2.49 bits per heavy atom. The van der Waals surface area contributed by atoms with E-state index < -0.39 is 40.2 Å². The van der Waals surface area contributed by atoms with Gasteiger partial charge >= 0.3 is 0 Å². The standard InChI is InChI=1S/C25H33F2N3O4S/c1-3-10-35(32,33)29-25-30(8-9-34-25)23(14-20-12-21(26)15-22(27)13-20)24(31)17-28-16-19-7-5-6-18(4-2)11-19/h5-9,11-13,15,23-25,28-29,31H,3-4,10,14,16-17H2,1-2H3/t23-,24+,25?/m0/s1. The first kappa shape index (κ1) is 27.1. The summed E-state index contributed by atoms with van der Waals surface area (Å²) in [5, 5.41) is 14.3. The predicted octanol–water partition coefficient (Wildman–Crippen LogP) is 3.01. The lowest BCUT2D eigenvalue weighted by atomic mass is 9.99. The summed E-state index contributed by atoms with van der Waals surface area (Å²) in [7, 11) is -3.63. The average molecular weight is 510 g/mol. The third-order valence-electron chi connectivity index (χ3n) is 5.74. The van der Waals surface area contributed by atoms with Gasteiger partial charge in [0.2, 0.25) is 16.4 Å². The van der Waals surface area contributed by atoms with Crippen molar-refractivity contribution >= 4 is 10.0 Å². The maximum atomic E-state index is 13.8. The number of nitrogens with one attached hydrogen (secondary N) is 2. The number of benzene rings is 2. The molecule has 3 rings (SSSR count). The molecule has 0 aliphatic carbocycles. The number of nitrogens with zero attached hydrogens (tertiary/aromatic N) is 1. The van der Waals surface area contributed by atoms with Crippen LogP contribution in [0.5, 0.6) is 0 Å². The van der Waals surface area contributed by atoms with Gasteiger partial charge in [0.15, 0.2) is 0 Å². The van der Waals surface area contributed by atoms with Gasteiger partial charge in [0, 0.05) is 25.4 Å². The fourth-order valence-electron chi connectivity index (χ4n) is 4.05. The molecule has 7 nitrogen and oxygen atoms in total. The van der Waals surface area contributed by atoms with Crippen molar-refractivity contribution in [3.63, 3.8) is 0 Å². The topological polar surface area (TPSA) is 90.9 Å². The van der Waals surface area contributed by atoms with E-state index in [1.54, 1.807) is 6.92 Å². The number of aliphatic hydroxyl groups is 1. The molecule has 0 aromatic heterocycles. The van der Waals surface area contributed by atoms with Gasteiger partial charge in [-0.25, -0.2) is 17.2 Å². The van der Waals surface area contributed by atoms with E-state index in [4.69, 9.17) is 4.74 Å². The Balaban J connectivity index is 1.76. The Kier molecular flexibility index (Phi) is 9.62. The van der Waals surface area contributed by atoms with Crippen molar-refractivity contribution in [2.75, 3.05) is 12.3 Å². The smallest absolute Gasteiger partial charge is 0.241 e. The summed E-state index contributed by atoms with van der Waals surface area (Å²) in [5.41, 5.74) is 2.60. The van der Waals surface area contributed by atoms with E-state index in [1.165, 1.54) is 35.1 Å². The summed E-state index contributed by atoms with van der Waals surface area (Å²) in [4.78, 5) is 1.53. The summed E-state index contributed by atoms with van der Waals surface area (Å²) < 4.78 is 60.3. The molecular formula is C25H33F2N3O4S. The van der Waals surface area contributed by atoms with Crippen molar-refractivity contribution in [3.8, 4) is 0 Å². The van der Waals surface area contributed by atoms with Crippen LogP contribution in [0.3, 0.4) is 0 Å². The molecule has 1 aliphatic heterocycles. The van der Waals surface area contributed by atoms with Crippen LogP contribution in [-0.2, 0) is 34.1 Å². The van der Waals surface area contributed by atoms with Crippen molar-refractivity contribution in [2.24, 2.45) is 0 Å². The molecular weight excluding hydrogens is 476 g/mol. The van der Waals surface area contributed by atoms with Crippen LogP contribution < -0.4 is 10.0 Å². The highest BCUT2D eigenvalue weighted by Crippen LogP contribution is 2.22. The van der Waals surface area contributed by atoms with Gasteiger partial charge in [-0.15, -0.1) is 0 Å². The maximum Gasteiger partial charge on any atom is 0.241 e. The molecule has 0 saturated carbocycles. The molecule has 0 fully saturated rings. The number of hydrogen-bond acceptors (Lipinski definition) is 6. The van der Waals surface area contributed by atoms with Gasteiger partial charge in [-0.2, -0.15) is 4.72 Å². The minimum absolute atomic E-state index is 0.0581. The van der Waals surface area contributed by atoms with Crippen LogP contribution in [0.1, 0.15) is 37.0 Å². The van der Waals surface area contributed by atoms with Crippen LogP contribution in [0.15, 0.2) is 54.9 Å². The van der Waals surface area contributed by atoms with E-state index >= 15 is 0 Å². The lowest BCUT2D eigenvalue weighted by Crippen LogP contribution is -2.54. The first-order valence-corrected chi connectivity index (χ1v) is 13.4. The van der Waals surface area contributed by atoms with Gasteiger partial charge in [-0.3, -0.25) is 0 Å². The van der Waals surface area contributed by atoms with Crippen molar-refractivity contribution in [1.29, 1.82) is 0 Å². The fourth-order valence-corrected chi connectivity index (χ4v) is 5.19. The van der Waals surface area contributed by atoms with Crippen LogP contribution >= 0.6 is 0 Å². The second kappa shape index (κ2) is 12.4. The zero-order valence-electron chi connectivity index (χ0n) is 20.0. The molecule has 1 heterocycles. The molecule has 0 amide bonds. The zero-order valence-corrected chi connectivity index (χ0v) is 20.8. The lowest BCUT2D eigenvalue weighted by Gasteiger charge is -2.35. The normalized spacial score (nSPS) is 17.4. The summed E-state index contributed by atoms with van der Waals surface area (Å²) in [5.74, 6) is -1.53. The van der Waals surface area contributed by atoms with E-state index in [-0.39, 0.29) is 18.7 Å². The fraction of sp³-hybridized carbons (Fsp3) is 0.440. The first-order valence-electron chi connectivity index (χ1n) is 11.7. The van der Waals surface area contributed by atoms with Crippen LogP contribution in [0.2, 0.25) is 0 Å². The number of rotatable bonds is 13. The van der Waals surface area contributed by atoms with Gasteiger partial charge in [0.05, 0.1) is 17.9 Å². The minimum Gasteiger partial charge on any atom is -0.462 e. The highest BCUT2D eigenvalue weighted by molar-refractivity contribution is 7.89. The average Bonchev–Trinajstić information content (AvgIpc) is 3.23. The van der Waals surface area contributed by atoms with Gasteiger partial charge in [0.25, 0.3) is 0 Å². The summed E-state index contributed by atoms with van der Waals surface area (Å²) in [6.07, 6.45) is 2.16. The van der Waals surface area contributed by atoms with Gasteiger partial charge < -0.3 is 20.1 Å². The summed E-state index contributed by atoms with van der Waals surface area (Å²) in [6.45, 7) is 4.51. The van der Waals surface area contributed by atoms with Crippen molar-refractivity contribution in [1.82, 2.24) is 14.9 Å². The summed E-state index contributed by atoms with van der Waals surface area (Å²) in [6, 6.07) is 10.5. The SMILES string of the molecule is CCCS(=O)(=O)NC1OC=CN1[C@@H](Cc1cc(F)cc(F)c1)[C@H](O)CNCc1cccc(CC)c1. The molecule has 0 saturated heterocycles. The van der Waals surface area contributed by atoms with Crippen LogP contribution in [-0.4, -0.2) is 49.2 Å². The highest BCUT2D eigenvalue weighted by Gasteiger charge is 2.35. The van der Waals surface area contributed by atoms with Gasteiger partial charge in [0.1, 0.15) is 17.9 Å². The molecule has 35 heavy (non-hydrogen) atoms. The Bertz CT molecular complexity index is 1090. The molecule has 3 atom stereocenters. The number of aliphatic hydroxyl groups excluding tert-OH is 1. The van der Waals surface area contributed by atoms with Crippen LogP contribution in [0.25, 0.3) is 0 Å². The molecule has 3 N–H and O–H groups in total. The molecule has 0 bridgehead atoms. The molecule has 2 aromatic carbocycles. The monoisotopic (exact) mass is 509 g/mol. The van der Waals surface area contributed by atoms with E-state index in [1.807, 2.05) is 18.2 Å². The van der Waals surface area contributed by atoms with Gasteiger partial charge in [-0.1, -0.05) is 38.1 Å². The quantitative estimate of drug-likeness (QED) is 0.385. The molecule has 2 aromatic rings. The molecule has 192 valence electrons. The van der Waals surface area contributed by atoms with Gasteiger partial charge in [-0.05, 0) is 48.1 Å². The number of halogens is 2. The maximum absolute atomic E-state index is 13.8. The minimum atomic E-state index is -3.63. The Labute approximate surface area is 205 Å². The Morgan fingerprint density at radius 1 is 1.09 bits per heavy atom. The van der Waals surface area contributed by atoms with Crippen molar-refractivity contribution in [3.05, 3.63) is 83.3 Å². The van der Waals surface area contributed by atoms with Crippen molar-refractivity contribution in [2.45, 2.75) is 58.2 Å². The summed E-state index contributed by atoms with van der Waals surface area (Å²) >= 11 is 0. The highest BCUT2D eigenvalue weighted by atomic mass is 32.2. The number of aryl methyl sites for hydroxylation is 1. The second-order valence-corrected chi connectivity index (χ2v) is 10.5. The molecule has 10 heteroatoms. The van der Waals surface area contributed by atoms with Crippen LogP contribution in [0, 0.1) is 11.6 Å². The third-order valence-corrected chi connectivity index (χ3v) is 7.25. The van der Waals surface area contributed by atoms with E-state index in [9.17, 15) is 22.3 Å². The Hall–Kier alpha value is -2.53. The molecule has 1 aliphatic rings. The molecule has 1 unspecified atom stereocenters. The van der Waals surface area contributed by atoms with E-state index in [0.717, 1.165) is 18.1 Å². The number of sulfonamides is 1. The number of ether oxygens (including phenoxy) is 1. The van der Waals surface area contributed by atoms with E-state index in [2.05, 4.69) is 23.0 Å². The lowest BCUT2D eigenvalue weighted by molar-refractivity contribution is -0.0190. The Morgan fingerprint density at radius 2 is 1.80 bits per heavy atom. The van der Waals surface area contributed by atoms with Crippen LogP contribution in [0.4, 0.5) is 8.78 Å². The number of hydrogen-bond donors (Lipinski definition) is 3. The predicted molar refractivity (Wildman–Crippen MR) is 130 cm³/mol. The first-order chi connectivity index (χ1) is 16.7. The van der Waals surface area contributed by atoms with Crippen molar-refractivity contribution < 1.29 is 27.0 Å². The molecule has 0 radical (unpaired) electrons. The van der Waals surface area contributed by atoms with E-state index in [0.29, 0.717) is 18.5 Å². The largest absolute Gasteiger partial charge is 0.462 e. The second-order valence-electron chi connectivity index (χ2n) is 8.58. The molecule has 0 spiro atoms.